The van der Waals surface area contributed by atoms with Gasteiger partial charge < -0.3 is 15.5 Å². The Hall–Kier alpha value is -3.34. The summed E-state index contributed by atoms with van der Waals surface area (Å²) >= 11 is 0. The molecule has 0 saturated carbocycles. The summed E-state index contributed by atoms with van der Waals surface area (Å²) in [5.74, 6) is -1.26. The molecule has 3 rings (SSSR count). The minimum Gasteiger partial charge on any atom is -0.504 e. The Labute approximate surface area is 139 Å². The lowest BCUT2D eigenvalue weighted by atomic mass is 9.99. The van der Waals surface area contributed by atoms with Crippen LogP contribution in [-0.4, -0.2) is 21.1 Å². The number of carbonyl (C=O) groups is 1. The Kier molecular flexibility index (Phi) is 4.43. The molecule has 5 heteroatoms. The third-order valence-corrected chi connectivity index (χ3v) is 3.69. The van der Waals surface area contributed by atoms with Crippen molar-refractivity contribution in [3.63, 3.8) is 0 Å². The molecule has 1 atom stereocenters. The molecular formula is C19H16N2O3. The molecule has 0 fully saturated rings. The minimum atomic E-state index is -0.485. The molecule has 0 aliphatic rings. The first-order chi connectivity index (χ1) is 11.7. The molecule has 1 heterocycles. The molecule has 0 aliphatic heterocycles. The standard InChI is InChI=1S/C19H16N2O3/c22-16-10-4-9-15(18(16)23)19(24)21-17(13-6-2-1-3-7-13)14-8-5-11-20-12-14/h1-12,17,22-23H,(H,21,24). The fraction of sp³-hybridized carbons (Fsp3) is 0.0526. The van der Waals surface area contributed by atoms with E-state index in [-0.39, 0.29) is 11.3 Å². The molecule has 0 aliphatic carbocycles. The molecule has 24 heavy (non-hydrogen) atoms. The Morgan fingerprint density at radius 3 is 2.38 bits per heavy atom. The van der Waals surface area contributed by atoms with Gasteiger partial charge in [0.15, 0.2) is 11.5 Å². The van der Waals surface area contributed by atoms with Crippen LogP contribution in [0.1, 0.15) is 27.5 Å². The maximum atomic E-state index is 12.6. The molecule has 1 aromatic heterocycles. The van der Waals surface area contributed by atoms with Crippen LogP contribution in [0.2, 0.25) is 0 Å². The second-order valence-corrected chi connectivity index (χ2v) is 5.28. The summed E-state index contributed by atoms with van der Waals surface area (Å²) < 4.78 is 0. The third-order valence-electron chi connectivity index (χ3n) is 3.69. The molecular weight excluding hydrogens is 304 g/mol. The van der Waals surface area contributed by atoms with Crippen molar-refractivity contribution in [2.45, 2.75) is 6.04 Å². The summed E-state index contributed by atoms with van der Waals surface area (Å²) in [5, 5.41) is 22.4. The van der Waals surface area contributed by atoms with Crippen LogP contribution < -0.4 is 5.32 Å². The number of hydrogen-bond acceptors (Lipinski definition) is 4. The summed E-state index contributed by atoms with van der Waals surface area (Å²) in [4.78, 5) is 16.7. The van der Waals surface area contributed by atoms with Crippen LogP contribution in [0.25, 0.3) is 0 Å². The molecule has 3 aromatic rings. The van der Waals surface area contributed by atoms with Gasteiger partial charge in [-0.15, -0.1) is 0 Å². The Balaban J connectivity index is 1.95. The molecule has 0 saturated heterocycles. The molecule has 0 bridgehead atoms. The lowest BCUT2D eigenvalue weighted by Gasteiger charge is -2.20. The van der Waals surface area contributed by atoms with Gasteiger partial charge in [0.1, 0.15) is 0 Å². The highest BCUT2D eigenvalue weighted by atomic mass is 16.3. The summed E-state index contributed by atoms with van der Waals surface area (Å²) in [5.41, 5.74) is 1.72. The summed E-state index contributed by atoms with van der Waals surface area (Å²) in [6.45, 7) is 0. The number of nitrogens with one attached hydrogen (secondary N) is 1. The minimum absolute atomic E-state index is 0.0137. The number of hydrogen-bond donors (Lipinski definition) is 3. The monoisotopic (exact) mass is 320 g/mol. The van der Waals surface area contributed by atoms with E-state index in [1.807, 2.05) is 36.4 Å². The molecule has 3 N–H and O–H groups in total. The number of rotatable bonds is 4. The highest BCUT2D eigenvalue weighted by Crippen LogP contribution is 2.29. The van der Waals surface area contributed by atoms with E-state index in [1.165, 1.54) is 18.2 Å². The maximum Gasteiger partial charge on any atom is 0.255 e. The zero-order valence-electron chi connectivity index (χ0n) is 12.8. The summed E-state index contributed by atoms with van der Waals surface area (Å²) in [7, 11) is 0. The van der Waals surface area contributed by atoms with Gasteiger partial charge >= 0.3 is 0 Å². The van der Waals surface area contributed by atoms with Crippen molar-refractivity contribution in [2.75, 3.05) is 0 Å². The molecule has 2 aromatic carbocycles. The van der Waals surface area contributed by atoms with E-state index in [4.69, 9.17) is 0 Å². The van der Waals surface area contributed by atoms with Crippen LogP contribution in [0.5, 0.6) is 11.5 Å². The summed E-state index contributed by atoms with van der Waals surface area (Å²) in [6.07, 6.45) is 3.34. The van der Waals surface area contributed by atoms with Crippen molar-refractivity contribution < 1.29 is 15.0 Å². The first kappa shape index (κ1) is 15.6. The van der Waals surface area contributed by atoms with Crippen molar-refractivity contribution >= 4 is 5.91 Å². The van der Waals surface area contributed by atoms with E-state index in [0.717, 1.165) is 11.1 Å². The fourth-order valence-electron chi connectivity index (χ4n) is 2.47. The van der Waals surface area contributed by atoms with Gasteiger partial charge in [-0.1, -0.05) is 42.5 Å². The smallest absolute Gasteiger partial charge is 0.255 e. The predicted molar refractivity (Wildman–Crippen MR) is 89.8 cm³/mol. The number of phenols is 2. The molecule has 0 spiro atoms. The van der Waals surface area contributed by atoms with Gasteiger partial charge in [-0.3, -0.25) is 9.78 Å². The van der Waals surface area contributed by atoms with E-state index < -0.39 is 17.7 Å². The maximum absolute atomic E-state index is 12.6. The van der Waals surface area contributed by atoms with Crippen LogP contribution in [0.4, 0.5) is 0 Å². The first-order valence-electron chi connectivity index (χ1n) is 7.43. The van der Waals surface area contributed by atoms with Crippen LogP contribution in [0, 0.1) is 0 Å². The first-order valence-corrected chi connectivity index (χ1v) is 7.43. The Bertz CT molecular complexity index is 796. The van der Waals surface area contributed by atoms with Crippen molar-refractivity contribution in [3.8, 4) is 11.5 Å². The van der Waals surface area contributed by atoms with Gasteiger partial charge in [-0.05, 0) is 29.3 Å². The van der Waals surface area contributed by atoms with E-state index in [2.05, 4.69) is 10.3 Å². The lowest BCUT2D eigenvalue weighted by molar-refractivity contribution is 0.0939. The Morgan fingerprint density at radius 1 is 0.917 bits per heavy atom. The third kappa shape index (κ3) is 3.20. The largest absolute Gasteiger partial charge is 0.504 e. The van der Waals surface area contributed by atoms with E-state index in [0.29, 0.717) is 0 Å². The highest BCUT2D eigenvalue weighted by molar-refractivity contribution is 5.98. The number of carbonyl (C=O) groups excluding carboxylic acids is 1. The average Bonchev–Trinajstić information content (AvgIpc) is 2.63. The predicted octanol–water partition coefficient (Wildman–Crippen LogP) is 3.01. The van der Waals surface area contributed by atoms with E-state index in [1.54, 1.807) is 18.5 Å². The number of pyridine rings is 1. The Morgan fingerprint density at radius 2 is 1.67 bits per heavy atom. The van der Waals surface area contributed by atoms with Gasteiger partial charge in [-0.2, -0.15) is 0 Å². The normalized spacial score (nSPS) is 11.7. The van der Waals surface area contributed by atoms with Gasteiger partial charge in [0.25, 0.3) is 5.91 Å². The number of amides is 1. The highest BCUT2D eigenvalue weighted by Gasteiger charge is 2.20. The molecule has 5 nitrogen and oxygen atoms in total. The number of aromatic nitrogens is 1. The molecule has 1 unspecified atom stereocenters. The number of aromatic hydroxyl groups is 2. The molecule has 0 radical (unpaired) electrons. The van der Waals surface area contributed by atoms with Crippen LogP contribution in [-0.2, 0) is 0 Å². The van der Waals surface area contributed by atoms with Gasteiger partial charge in [0, 0.05) is 12.4 Å². The van der Waals surface area contributed by atoms with Crippen molar-refractivity contribution in [2.24, 2.45) is 0 Å². The number of phenolic OH excluding ortho intramolecular Hbond substituents is 2. The van der Waals surface area contributed by atoms with Crippen LogP contribution >= 0.6 is 0 Å². The average molecular weight is 320 g/mol. The second kappa shape index (κ2) is 6.83. The topological polar surface area (TPSA) is 82.5 Å². The molecule has 1 amide bonds. The number of nitrogens with zero attached hydrogens (tertiary/aromatic N) is 1. The number of para-hydroxylation sites is 1. The van der Waals surface area contributed by atoms with Gasteiger partial charge in [0.05, 0.1) is 11.6 Å². The van der Waals surface area contributed by atoms with Gasteiger partial charge in [-0.25, -0.2) is 0 Å². The quantitative estimate of drug-likeness (QED) is 0.645. The molecule has 120 valence electrons. The van der Waals surface area contributed by atoms with Crippen molar-refractivity contribution in [1.82, 2.24) is 10.3 Å². The van der Waals surface area contributed by atoms with Crippen LogP contribution in [0.3, 0.4) is 0 Å². The van der Waals surface area contributed by atoms with Gasteiger partial charge in [0.2, 0.25) is 0 Å². The number of benzene rings is 2. The SMILES string of the molecule is O=C(NC(c1ccccc1)c1cccnc1)c1cccc(O)c1O. The zero-order valence-corrected chi connectivity index (χ0v) is 12.8. The second-order valence-electron chi connectivity index (χ2n) is 5.28. The van der Waals surface area contributed by atoms with Crippen molar-refractivity contribution in [1.29, 1.82) is 0 Å². The van der Waals surface area contributed by atoms with Crippen molar-refractivity contribution in [3.05, 3.63) is 89.7 Å². The van der Waals surface area contributed by atoms with Crippen LogP contribution in [0.15, 0.2) is 73.1 Å². The van der Waals surface area contributed by atoms with E-state index in [9.17, 15) is 15.0 Å². The fourth-order valence-corrected chi connectivity index (χ4v) is 2.47. The zero-order chi connectivity index (χ0) is 16.9. The van der Waals surface area contributed by atoms with E-state index >= 15 is 0 Å². The lowest BCUT2D eigenvalue weighted by Crippen LogP contribution is -2.29. The summed E-state index contributed by atoms with van der Waals surface area (Å²) in [6, 6.07) is 17.0.